The molecule has 21 heavy (non-hydrogen) atoms. The van der Waals surface area contributed by atoms with Gasteiger partial charge in [-0.2, -0.15) is 0 Å². The van der Waals surface area contributed by atoms with Gasteiger partial charge in [0.2, 0.25) is 5.95 Å². The normalized spacial score (nSPS) is 10.3. The molecular formula is C16H20N4O. The molecule has 0 radical (unpaired) electrons. The first-order valence-corrected chi connectivity index (χ1v) is 6.97. The monoisotopic (exact) mass is 284 g/mol. The zero-order valence-corrected chi connectivity index (χ0v) is 12.8. The minimum absolute atomic E-state index is 0.212. The fourth-order valence-corrected chi connectivity index (χ4v) is 2.14. The third kappa shape index (κ3) is 3.78. The SMILES string of the molecule is CCNc1cc(C)ccc1C(=O)Nc1nc(C)cc(C)n1. The van der Waals surface area contributed by atoms with Crippen LogP contribution in [0.1, 0.15) is 34.2 Å². The molecule has 110 valence electrons. The maximum Gasteiger partial charge on any atom is 0.260 e. The maximum absolute atomic E-state index is 12.4. The van der Waals surface area contributed by atoms with E-state index < -0.39 is 0 Å². The van der Waals surface area contributed by atoms with Gasteiger partial charge in [0.1, 0.15) is 0 Å². The number of nitrogens with zero attached hydrogens (tertiary/aromatic N) is 2. The summed E-state index contributed by atoms with van der Waals surface area (Å²) in [5.74, 6) is 0.122. The molecule has 5 nitrogen and oxygen atoms in total. The van der Waals surface area contributed by atoms with Crippen LogP contribution in [0.2, 0.25) is 0 Å². The summed E-state index contributed by atoms with van der Waals surface area (Å²) in [6, 6.07) is 7.55. The van der Waals surface area contributed by atoms with Crippen molar-refractivity contribution in [3.05, 3.63) is 46.8 Å². The van der Waals surface area contributed by atoms with Crippen molar-refractivity contribution >= 4 is 17.5 Å². The first kappa shape index (κ1) is 15.0. The Hall–Kier alpha value is -2.43. The van der Waals surface area contributed by atoms with E-state index in [1.807, 2.05) is 52.0 Å². The van der Waals surface area contributed by atoms with E-state index in [9.17, 15) is 4.79 Å². The molecule has 0 atom stereocenters. The van der Waals surface area contributed by atoms with Crippen molar-refractivity contribution in [3.8, 4) is 0 Å². The molecule has 2 N–H and O–H groups in total. The summed E-state index contributed by atoms with van der Waals surface area (Å²) < 4.78 is 0. The lowest BCUT2D eigenvalue weighted by Gasteiger charge is -2.12. The smallest absolute Gasteiger partial charge is 0.260 e. The number of benzene rings is 1. The Balaban J connectivity index is 2.27. The molecule has 2 rings (SSSR count). The Labute approximate surface area is 124 Å². The number of nitrogens with one attached hydrogen (secondary N) is 2. The van der Waals surface area contributed by atoms with Gasteiger partial charge in [-0.25, -0.2) is 9.97 Å². The number of hydrogen-bond acceptors (Lipinski definition) is 4. The standard InChI is InChI=1S/C16H20N4O/c1-5-17-14-8-10(2)6-7-13(14)15(21)20-16-18-11(3)9-12(4)19-16/h6-9,17H,5H2,1-4H3,(H,18,19,20,21). The van der Waals surface area contributed by atoms with E-state index in [0.717, 1.165) is 29.2 Å². The topological polar surface area (TPSA) is 66.9 Å². The van der Waals surface area contributed by atoms with Crippen LogP contribution in [0.15, 0.2) is 24.3 Å². The van der Waals surface area contributed by atoms with E-state index in [0.29, 0.717) is 11.5 Å². The zero-order chi connectivity index (χ0) is 15.4. The lowest BCUT2D eigenvalue weighted by molar-refractivity contribution is 0.102. The lowest BCUT2D eigenvalue weighted by atomic mass is 10.1. The molecule has 0 saturated carbocycles. The molecule has 0 aliphatic carbocycles. The number of carbonyl (C=O) groups is 1. The van der Waals surface area contributed by atoms with Crippen molar-refractivity contribution < 1.29 is 4.79 Å². The summed E-state index contributed by atoms with van der Waals surface area (Å²) in [6.45, 7) is 8.50. The van der Waals surface area contributed by atoms with Crippen molar-refractivity contribution in [2.45, 2.75) is 27.7 Å². The second-order valence-electron chi connectivity index (χ2n) is 5.01. The molecule has 1 aromatic heterocycles. The third-order valence-electron chi connectivity index (χ3n) is 2.99. The van der Waals surface area contributed by atoms with Crippen molar-refractivity contribution in [1.29, 1.82) is 0 Å². The van der Waals surface area contributed by atoms with Gasteiger partial charge in [0.25, 0.3) is 5.91 Å². The molecule has 0 spiro atoms. The highest BCUT2D eigenvalue weighted by molar-refractivity contribution is 6.07. The van der Waals surface area contributed by atoms with Crippen molar-refractivity contribution in [1.82, 2.24) is 9.97 Å². The van der Waals surface area contributed by atoms with Crippen LogP contribution in [0.4, 0.5) is 11.6 Å². The van der Waals surface area contributed by atoms with Crippen molar-refractivity contribution in [2.24, 2.45) is 0 Å². The molecule has 0 unspecified atom stereocenters. The number of amides is 1. The van der Waals surface area contributed by atoms with Crippen molar-refractivity contribution in [3.63, 3.8) is 0 Å². The highest BCUT2D eigenvalue weighted by Crippen LogP contribution is 2.18. The van der Waals surface area contributed by atoms with Gasteiger partial charge in [-0.3, -0.25) is 10.1 Å². The van der Waals surface area contributed by atoms with E-state index in [1.165, 1.54) is 0 Å². The molecule has 1 amide bonds. The van der Waals surface area contributed by atoms with Gasteiger partial charge < -0.3 is 5.32 Å². The van der Waals surface area contributed by atoms with Gasteiger partial charge in [0.05, 0.1) is 5.56 Å². The fraction of sp³-hybridized carbons (Fsp3) is 0.312. The van der Waals surface area contributed by atoms with Crippen LogP contribution in [-0.4, -0.2) is 22.4 Å². The van der Waals surface area contributed by atoms with Crippen LogP contribution in [0.5, 0.6) is 0 Å². The molecule has 1 aromatic carbocycles. The van der Waals surface area contributed by atoms with Gasteiger partial charge in [-0.1, -0.05) is 6.07 Å². The predicted molar refractivity (Wildman–Crippen MR) is 84.8 cm³/mol. The third-order valence-corrected chi connectivity index (χ3v) is 2.99. The Morgan fingerprint density at radius 2 is 1.76 bits per heavy atom. The van der Waals surface area contributed by atoms with Gasteiger partial charge in [0.15, 0.2) is 0 Å². The summed E-state index contributed by atoms with van der Waals surface area (Å²) in [7, 11) is 0. The summed E-state index contributed by atoms with van der Waals surface area (Å²) in [5.41, 5.74) is 4.16. The van der Waals surface area contributed by atoms with E-state index in [4.69, 9.17) is 0 Å². The highest BCUT2D eigenvalue weighted by atomic mass is 16.1. The minimum atomic E-state index is -0.212. The summed E-state index contributed by atoms with van der Waals surface area (Å²) in [4.78, 5) is 20.9. The summed E-state index contributed by atoms with van der Waals surface area (Å²) in [5, 5.41) is 5.96. The Kier molecular flexibility index (Phi) is 4.52. The Morgan fingerprint density at radius 3 is 2.38 bits per heavy atom. The molecule has 0 saturated heterocycles. The van der Waals surface area contributed by atoms with E-state index in [1.54, 1.807) is 0 Å². The van der Waals surface area contributed by atoms with Crippen LogP contribution in [0, 0.1) is 20.8 Å². The van der Waals surface area contributed by atoms with E-state index in [2.05, 4.69) is 20.6 Å². The average molecular weight is 284 g/mol. The number of carbonyl (C=O) groups excluding carboxylic acids is 1. The van der Waals surface area contributed by atoms with Gasteiger partial charge in [-0.15, -0.1) is 0 Å². The molecule has 1 heterocycles. The summed E-state index contributed by atoms with van der Waals surface area (Å²) in [6.07, 6.45) is 0. The number of anilines is 2. The molecule has 2 aromatic rings. The van der Waals surface area contributed by atoms with Gasteiger partial charge >= 0.3 is 0 Å². The number of rotatable bonds is 4. The second kappa shape index (κ2) is 6.35. The van der Waals surface area contributed by atoms with Crippen LogP contribution < -0.4 is 10.6 Å². The highest BCUT2D eigenvalue weighted by Gasteiger charge is 2.13. The van der Waals surface area contributed by atoms with Crippen LogP contribution >= 0.6 is 0 Å². The molecule has 0 fully saturated rings. The van der Waals surface area contributed by atoms with Crippen LogP contribution in [0.3, 0.4) is 0 Å². The number of aryl methyl sites for hydroxylation is 3. The van der Waals surface area contributed by atoms with Gasteiger partial charge in [0, 0.05) is 23.6 Å². The lowest BCUT2D eigenvalue weighted by Crippen LogP contribution is -2.17. The predicted octanol–water partition coefficient (Wildman–Crippen LogP) is 3.09. The number of aromatic nitrogens is 2. The number of hydrogen-bond donors (Lipinski definition) is 2. The van der Waals surface area contributed by atoms with Gasteiger partial charge in [-0.05, 0) is 51.5 Å². The largest absolute Gasteiger partial charge is 0.385 e. The zero-order valence-electron chi connectivity index (χ0n) is 12.8. The summed E-state index contributed by atoms with van der Waals surface area (Å²) >= 11 is 0. The first-order chi connectivity index (χ1) is 9.99. The van der Waals surface area contributed by atoms with E-state index >= 15 is 0 Å². The quantitative estimate of drug-likeness (QED) is 0.905. The molecule has 0 aliphatic heterocycles. The maximum atomic E-state index is 12.4. The molecule has 0 bridgehead atoms. The minimum Gasteiger partial charge on any atom is -0.385 e. The fourth-order valence-electron chi connectivity index (χ4n) is 2.14. The molecule has 5 heteroatoms. The first-order valence-electron chi connectivity index (χ1n) is 6.97. The molecular weight excluding hydrogens is 264 g/mol. The van der Waals surface area contributed by atoms with Crippen LogP contribution in [-0.2, 0) is 0 Å². The molecule has 0 aliphatic rings. The second-order valence-corrected chi connectivity index (χ2v) is 5.01. The Morgan fingerprint density at radius 1 is 1.10 bits per heavy atom. The van der Waals surface area contributed by atoms with E-state index in [-0.39, 0.29) is 5.91 Å². The average Bonchev–Trinajstić information content (AvgIpc) is 2.37. The van der Waals surface area contributed by atoms with Crippen molar-refractivity contribution in [2.75, 3.05) is 17.2 Å². The Bertz CT molecular complexity index is 647. The van der Waals surface area contributed by atoms with Crippen LogP contribution in [0.25, 0.3) is 0 Å².